The summed E-state index contributed by atoms with van der Waals surface area (Å²) in [4.78, 5) is 0. The average molecular weight is 344 g/mol. The Morgan fingerprint density at radius 2 is 1.61 bits per heavy atom. The molecular formula is C17H33N3O2S. The first-order valence-electron chi connectivity index (χ1n) is 9.35. The Labute approximate surface area is 142 Å². The van der Waals surface area contributed by atoms with Gasteiger partial charge >= 0.3 is 0 Å². The number of nitrogens with zero attached hydrogens (tertiary/aromatic N) is 2. The minimum atomic E-state index is -3.27. The summed E-state index contributed by atoms with van der Waals surface area (Å²) >= 11 is 0. The van der Waals surface area contributed by atoms with Crippen LogP contribution in [-0.4, -0.2) is 56.3 Å². The van der Waals surface area contributed by atoms with Crippen LogP contribution in [0.25, 0.3) is 0 Å². The third kappa shape index (κ3) is 3.91. The van der Waals surface area contributed by atoms with Gasteiger partial charge in [0, 0.05) is 39.3 Å². The van der Waals surface area contributed by atoms with E-state index in [1.165, 1.54) is 55.7 Å². The minimum Gasteiger partial charge on any atom is -0.310 e. The van der Waals surface area contributed by atoms with E-state index in [2.05, 4.69) is 5.32 Å². The van der Waals surface area contributed by atoms with Crippen molar-refractivity contribution in [1.82, 2.24) is 13.9 Å². The van der Waals surface area contributed by atoms with Crippen LogP contribution in [0.4, 0.5) is 0 Å². The van der Waals surface area contributed by atoms with Crippen molar-refractivity contribution < 1.29 is 8.42 Å². The molecule has 1 spiro atoms. The fourth-order valence-corrected chi connectivity index (χ4v) is 6.06. The largest absolute Gasteiger partial charge is 0.310 e. The van der Waals surface area contributed by atoms with Gasteiger partial charge in [-0.1, -0.05) is 12.8 Å². The van der Waals surface area contributed by atoms with Crippen LogP contribution < -0.4 is 5.32 Å². The summed E-state index contributed by atoms with van der Waals surface area (Å²) in [7, 11) is -0.0260. The molecule has 1 saturated heterocycles. The Hall–Kier alpha value is -0.170. The van der Waals surface area contributed by atoms with Crippen molar-refractivity contribution in [3.05, 3.63) is 0 Å². The molecule has 2 aliphatic carbocycles. The third-order valence-electron chi connectivity index (χ3n) is 6.35. The molecule has 0 bridgehead atoms. The lowest BCUT2D eigenvalue weighted by Crippen LogP contribution is -2.53. The molecule has 0 aromatic heterocycles. The maximum atomic E-state index is 12.3. The zero-order valence-electron chi connectivity index (χ0n) is 14.8. The van der Waals surface area contributed by atoms with Gasteiger partial charge in [-0.3, -0.25) is 0 Å². The third-order valence-corrected chi connectivity index (χ3v) is 8.26. The second-order valence-electron chi connectivity index (χ2n) is 8.14. The monoisotopic (exact) mass is 343 g/mol. The number of hydrogen-bond donors (Lipinski definition) is 1. The Morgan fingerprint density at radius 1 is 0.957 bits per heavy atom. The second-order valence-corrected chi connectivity index (χ2v) is 10.3. The molecule has 3 fully saturated rings. The number of piperidine rings is 1. The zero-order valence-corrected chi connectivity index (χ0v) is 15.6. The molecule has 0 amide bonds. The highest BCUT2D eigenvalue weighted by Gasteiger charge is 2.38. The highest BCUT2D eigenvalue weighted by atomic mass is 32.2. The van der Waals surface area contributed by atoms with Crippen molar-refractivity contribution >= 4 is 10.2 Å². The molecule has 3 rings (SSSR count). The van der Waals surface area contributed by atoms with Crippen LogP contribution >= 0.6 is 0 Å². The van der Waals surface area contributed by atoms with Crippen LogP contribution in [0, 0.1) is 5.41 Å². The van der Waals surface area contributed by atoms with E-state index < -0.39 is 10.2 Å². The molecule has 2 saturated carbocycles. The maximum Gasteiger partial charge on any atom is 0.281 e. The molecule has 1 heterocycles. The van der Waals surface area contributed by atoms with Crippen molar-refractivity contribution in [2.24, 2.45) is 5.41 Å². The first-order chi connectivity index (χ1) is 10.9. The van der Waals surface area contributed by atoms with E-state index in [9.17, 15) is 8.42 Å². The van der Waals surface area contributed by atoms with E-state index in [0.29, 0.717) is 30.6 Å². The van der Waals surface area contributed by atoms with E-state index in [4.69, 9.17) is 0 Å². The molecule has 5 nitrogen and oxygen atoms in total. The van der Waals surface area contributed by atoms with Gasteiger partial charge < -0.3 is 5.32 Å². The fourth-order valence-electron chi connectivity index (χ4n) is 4.87. The van der Waals surface area contributed by atoms with Crippen molar-refractivity contribution in [1.29, 1.82) is 0 Å². The minimum absolute atomic E-state index is 0.320. The highest BCUT2D eigenvalue weighted by Crippen LogP contribution is 2.48. The standard InChI is InChI=1S/C17H33N3O2S/c1-19(2)23(21,22)20-13-5-6-16(14-20)18-15-7-11-17(12-8-15)9-3-4-10-17/h15-16,18H,3-14H2,1-2H3/t16-/m1/s1. The van der Waals surface area contributed by atoms with E-state index >= 15 is 0 Å². The smallest absolute Gasteiger partial charge is 0.281 e. The predicted molar refractivity (Wildman–Crippen MR) is 93.5 cm³/mol. The van der Waals surface area contributed by atoms with Crippen LogP contribution in [0.1, 0.15) is 64.2 Å². The lowest BCUT2D eigenvalue weighted by atomic mass is 9.71. The van der Waals surface area contributed by atoms with Gasteiger partial charge in [0.1, 0.15) is 0 Å². The van der Waals surface area contributed by atoms with Crippen molar-refractivity contribution in [2.75, 3.05) is 27.2 Å². The van der Waals surface area contributed by atoms with Gasteiger partial charge in [0.2, 0.25) is 0 Å². The first-order valence-corrected chi connectivity index (χ1v) is 10.7. The number of hydrogen-bond acceptors (Lipinski definition) is 3. The van der Waals surface area contributed by atoms with Crippen LogP contribution in [0.15, 0.2) is 0 Å². The van der Waals surface area contributed by atoms with Gasteiger partial charge in [-0.05, 0) is 56.8 Å². The summed E-state index contributed by atoms with van der Waals surface area (Å²) in [6, 6.07) is 0.911. The van der Waals surface area contributed by atoms with Crippen LogP contribution in [-0.2, 0) is 10.2 Å². The Morgan fingerprint density at radius 3 is 2.22 bits per heavy atom. The number of nitrogens with one attached hydrogen (secondary N) is 1. The Kier molecular flexibility index (Phi) is 5.36. The van der Waals surface area contributed by atoms with E-state index in [0.717, 1.165) is 12.8 Å². The Bertz CT molecular complexity index is 490. The summed E-state index contributed by atoms with van der Waals surface area (Å²) in [5, 5.41) is 3.78. The molecule has 3 aliphatic rings. The molecule has 0 aromatic rings. The van der Waals surface area contributed by atoms with E-state index in [1.54, 1.807) is 18.4 Å². The van der Waals surface area contributed by atoms with Gasteiger partial charge in [0.15, 0.2) is 0 Å². The predicted octanol–water partition coefficient (Wildman–Crippen LogP) is 2.35. The maximum absolute atomic E-state index is 12.3. The second kappa shape index (κ2) is 6.98. The van der Waals surface area contributed by atoms with Gasteiger partial charge in [0.25, 0.3) is 10.2 Å². The molecule has 0 unspecified atom stereocenters. The van der Waals surface area contributed by atoms with Gasteiger partial charge in [-0.2, -0.15) is 17.0 Å². The van der Waals surface area contributed by atoms with Crippen LogP contribution in [0.2, 0.25) is 0 Å². The van der Waals surface area contributed by atoms with Gasteiger partial charge in [-0.25, -0.2) is 0 Å². The van der Waals surface area contributed by atoms with Crippen LogP contribution in [0.3, 0.4) is 0 Å². The lowest BCUT2D eigenvalue weighted by Gasteiger charge is -2.41. The van der Waals surface area contributed by atoms with Gasteiger partial charge in [0.05, 0.1) is 0 Å². The van der Waals surface area contributed by atoms with E-state index in [1.807, 2.05) is 0 Å². The van der Waals surface area contributed by atoms with Crippen LogP contribution in [0.5, 0.6) is 0 Å². The van der Waals surface area contributed by atoms with Gasteiger partial charge in [-0.15, -0.1) is 0 Å². The lowest BCUT2D eigenvalue weighted by molar-refractivity contribution is 0.153. The fraction of sp³-hybridized carbons (Fsp3) is 1.00. The first kappa shape index (κ1) is 17.6. The summed E-state index contributed by atoms with van der Waals surface area (Å²) in [5.74, 6) is 0. The molecule has 23 heavy (non-hydrogen) atoms. The molecule has 1 N–H and O–H groups in total. The molecule has 134 valence electrons. The quantitative estimate of drug-likeness (QED) is 0.852. The van der Waals surface area contributed by atoms with Crippen molar-refractivity contribution in [3.63, 3.8) is 0 Å². The summed E-state index contributed by atoms with van der Waals surface area (Å²) < 4.78 is 27.6. The topological polar surface area (TPSA) is 52.7 Å². The highest BCUT2D eigenvalue weighted by molar-refractivity contribution is 7.86. The average Bonchev–Trinajstić information content (AvgIpc) is 2.98. The summed E-state index contributed by atoms with van der Waals surface area (Å²) in [5.41, 5.74) is 0.672. The summed E-state index contributed by atoms with van der Waals surface area (Å²) in [6.45, 7) is 1.29. The molecule has 0 radical (unpaired) electrons. The molecule has 1 aliphatic heterocycles. The molecular weight excluding hydrogens is 310 g/mol. The molecule has 1 atom stereocenters. The normalized spacial score (nSPS) is 30.3. The SMILES string of the molecule is CN(C)S(=O)(=O)N1CCC[C@@H](NC2CCC3(CCCC3)CC2)C1. The van der Waals surface area contributed by atoms with E-state index in [-0.39, 0.29) is 0 Å². The Balaban J connectivity index is 1.51. The zero-order chi connectivity index (χ0) is 16.5. The number of rotatable bonds is 4. The molecule has 6 heteroatoms. The van der Waals surface area contributed by atoms with Crippen molar-refractivity contribution in [3.8, 4) is 0 Å². The van der Waals surface area contributed by atoms with Crippen molar-refractivity contribution in [2.45, 2.75) is 76.3 Å². The molecule has 0 aromatic carbocycles. The summed E-state index contributed by atoms with van der Waals surface area (Å²) in [6.07, 6.45) is 13.1.